The Hall–Kier alpha value is -0.800. The van der Waals surface area contributed by atoms with Crippen LogP contribution in [-0.2, 0) is 6.54 Å². The van der Waals surface area contributed by atoms with E-state index < -0.39 is 0 Å². The van der Waals surface area contributed by atoms with E-state index in [1.54, 1.807) is 6.26 Å². The minimum atomic E-state index is 0.398. The first-order valence-corrected chi connectivity index (χ1v) is 6.52. The molecule has 0 radical (unpaired) electrons. The lowest BCUT2D eigenvalue weighted by Crippen LogP contribution is -2.52. The Kier molecular flexibility index (Phi) is 3.89. The van der Waals surface area contributed by atoms with Crippen LogP contribution in [0, 0.1) is 5.41 Å². The molecule has 0 spiro atoms. The third-order valence-electron chi connectivity index (χ3n) is 3.83. The minimum absolute atomic E-state index is 0.398. The van der Waals surface area contributed by atoms with Crippen molar-refractivity contribution in [3.63, 3.8) is 0 Å². The molecule has 1 aromatic rings. The first-order valence-electron chi connectivity index (χ1n) is 6.52. The maximum Gasteiger partial charge on any atom is 0.117 e. The van der Waals surface area contributed by atoms with Gasteiger partial charge < -0.3 is 9.73 Å². The van der Waals surface area contributed by atoms with E-state index in [4.69, 9.17) is 4.42 Å². The van der Waals surface area contributed by atoms with Crippen LogP contribution in [0.1, 0.15) is 32.4 Å². The molecule has 0 amide bonds. The average Bonchev–Trinajstić information content (AvgIpc) is 2.73. The van der Waals surface area contributed by atoms with Crippen molar-refractivity contribution >= 4 is 0 Å². The van der Waals surface area contributed by atoms with Gasteiger partial charge in [0.2, 0.25) is 0 Å². The average molecular weight is 236 g/mol. The van der Waals surface area contributed by atoms with Gasteiger partial charge >= 0.3 is 0 Å². The number of hydrogen-bond acceptors (Lipinski definition) is 3. The summed E-state index contributed by atoms with van der Waals surface area (Å²) in [6.45, 7) is 7.85. The highest BCUT2D eigenvalue weighted by molar-refractivity contribution is 4.98. The Labute approximate surface area is 104 Å². The highest BCUT2D eigenvalue weighted by Crippen LogP contribution is 2.30. The molecule has 3 heteroatoms. The molecule has 96 valence electrons. The van der Waals surface area contributed by atoms with Crippen LogP contribution in [0.4, 0.5) is 0 Å². The number of hydrogen-bond donors (Lipinski definition) is 1. The van der Waals surface area contributed by atoms with Gasteiger partial charge in [-0.3, -0.25) is 4.90 Å². The summed E-state index contributed by atoms with van der Waals surface area (Å²) in [6, 6.07) is 4.57. The Balaban J connectivity index is 1.87. The second-order valence-corrected chi connectivity index (χ2v) is 5.87. The molecule has 1 aliphatic rings. The van der Waals surface area contributed by atoms with E-state index in [-0.39, 0.29) is 0 Å². The highest BCUT2D eigenvalue weighted by Gasteiger charge is 2.32. The predicted molar refractivity (Wildman–Crippen MR) is 69.8 cm³/mol. The first kappa shape index (κ1) is 12.7. The van der Waals surface area contributed by atoms with Gasteiger partial charge in [-0.1, -0.05) is 13.8 Å². The maximum atomic E-state index is 5.38. The SMILES string of the molecule is CN(Cc1ccco1)CC1NCCCC1(C)C. The van der Waals surface area contributed by atoms with Crippen LogP contribution in [0.3, 0.4) is 0 Å². The van der Waals surface area contributed by atoms with Crippen LogP contribution >= 0.6 is 0 Å². The molecule has 1 aromatic heterocycles. The summed E-state index contributed by atoms with van der Waals surface area (Å²) in [5.41, 5.74) is 0.398. The second kappa shape index (κ2) is 5.23. The normalized spacial score (nSPS) is 24.1. The zero-order chi connectivity index (χ0) is 12.3. The van der Waals surface area contributed by atoms with Crippen molar-refractivity contribution in [1.29, 1.82) is 0 Å². The molecule has 0 saturated carbocycles. The van der Waals surface area contributed by atoms with E-state index >= 15 is 0 Å². The van der Waals surface area contributed by atoms with E-state index in [2.05, 4.69) is 31.1 Å². The summed E-state index contributed by atoms with van der Waals surface area (Å²) < 4.78 is 5.38. The first-order chi connectivity index (χ1) is 8.08. The van der Waals surface area contributed by atoms with Gasteiger partial charge in [-0.2, -0.15) is 0 Å². The molecule has 1 N–H and O–H groups in total. The molecule has 0 aromatic carbocycles. The van der Waals surface area contributed by atoms with Gasteiger partial charge in [0.25, 0.3) is 0 Å². The van der Waals surface area contributed by atoms with E-state index in [0.717, 1.165) is 25.4 Å². The molecule has 1 atom stereocenters. The zero-order valence-electron chi connectivity index (χ0n) is 11.2. The Morgan fingerprint density at radius 1 is 1.53 bits per heavy atom. The molecule has 17 heavy (non-hydrogen) atoms. The molecule has 1 saturated heterocycles. The van der Waals surface area contributed by atoms with Gasteiger partial charge in [-0.15, -0.1) is 0 Å². The number of piperidine rings is 1. The van der Waals surface area contributed by atoms with Crippen LogP contribution in [0.2, 0.25) is 0 Å². The van der Waals surface area contributed by atoms with Gasteiger partial charge in [0.15, 0.2) is 0 Å². The van der Waals surface area contributed by atoms with Crippen LogP contribution in [0.25, 0.3) is 0 Å². The molecular formula is C14H24N2O. The largest absolute Gasteiger partial charge is 0.468 e. The van der Waals surface area contributed by atoms with Crippen LogP contribution in [-0.4, -0.2) is 31.1 Å². The number of furan rings is 1. The lowest BCUT2D eigenvalue weighted by atomic mass is 9.77. The lowest BCUT2D eigenvalue weighted by Gasteiger charge is -2.41. The van der Waals surface area contributed by atoms with Crippen LogP contribution in [0.5, 0.6) is 0 Å². The fourth-order valence-corrected chi connectivity index (χ4v) is 2.63. The summed E-state index contributed by atoms with van der Waals surface area (Å²) in [7, 11) is 2.16. The number of likely N-dealkylation sites (N-methyl/N-ethyl adjacent to an activating group) is 1. The molecule has 1 unspecified atom stereocenters. The molecule has 2 heterocycles. The van der Waals surface area contributed by atoms with Crippen molar-refractivity contribution in [3.8, 4) is 0 Å². The highest BCUT2D eigenvalue weighted by atomic mass is 16.3. The molecule has 2 rings (SSSR count). The monoisotopic (exact) mass is 236 g/mol. The molecule has 0 aliphatic carbocycles. The molecule has 1 fully saturated rings. The van der Waals surface area contributed by atoms with Gasteiger partial charge in [0, 0.05) is 12.6 Å². The Bertz CT molecular complexity index is 332. The van der Waals surface area contributed by atoms with Crippen molar-refractivity contribution < 1.29 is 4.42 Å². The predicted octanol–water partition coefficient (Wildman–Crippen LogP) is 2.49. The van der Waals surface area contributed by atoms with Crippen LogP contribution < -0.4 is 5.32 Å². The fourth-order valence-electron chi connectivity index (χ4n) is 2.63. The van der Waals surface area contributed by atoms with Crippen molar-refractivity contribution in [1.82, 2.24) is 10.2 Å². The molecule has 1 aliphatic heterocycles. The maximum absolute atomic E-state index is 5.38. The zero-order valence-corrected chi connectivity index (χ0v) is 11.2. The smallest absolute Gasteiger partial charge is 0.117 e. The lowest BCUT2D eigenvalue weighted by molar-refractivity contribution is 0.132. The summed E-state index contributed by atoms with van der Waals surface area (Å²) in [5, 5.41) is 3.65. The van der Waals surface area contributed by atoms with Crippen molar-refractivity contribution in [2.24, 2.45) is 5.41 Å². The quantitative estimate of drug-likeness (QED) is 0.870. The molecule has 3 nitrogen and oxygen atoms in total. The van der Waals surface area contributed by atoms with Gasteiger partial charge in [0.1, 0.15) is 5.76 Å². The molecular weight excluding hydrogens is 212 g/mol. The third-order valence-corrected chi connectivity index (χ3v) is 3.83. The number of nitrogens with one attached hydrogen (secondary N) is 1. The summed E-state index contributed by atoms with van der Waals surface area (Å²) in [5.74, 6) is 1.04. The third kappa shape index (κ3) is 3.33. The van der Waals surface area contributed by atoms with Crippen molar-refractivity contribution in [3.05, 3.63) is 24.2 Å². The Morgan fingerprint density at radius 2 is 2.35 bits per heavy atom. The standard InChI is InChI=1S/C14H24N2O/c1-14(2)7-5-8-15-13(14)11-16(3)10-12-6-4-9-17-12/h4,6,9,13,15H,5,7-8,10-11H2,1-3H3. The second-order valence-electron chi connectivity index (χ2n) is 5.87. The Morgan fingerprint density at radius 3 is 3.00 bits per heavy atom. The summed E-state index contributed by atoms with van der Waals surface area (Å²) in [4.78, 5) is 2.34. The van der Waals surface area contributed by atoms with Gasteiger partial charge in [-0.05, 0) is 44.0 Å². The topological polar surface area (TPSA) is 28.4 Å². The van der Waals surface area contributed by atoms with Gasteiger partial charge in [-0.25, -0.2) is 0 Å². The van der Waals surface area contributed by atoms with E-state index in [1.807, 2.05) is 12.1 Å². The van der Waals surface area contributed by atoms with Crippen LogP contribution in [0.15, 0.2) is 22.8 Å². The van der Waals surface area contributed by atoms with Crippen molar-refractivity contribution in [2.45, 2.75) is 39.3 Å². The fraction of sp³-hybridized carbons (Fsp3) is 0.714. The minimum Gasteiger partial charge on any atom is -0.468 e. The number of rotatable bonds is 4. The van der Waals surface area contributed by atoms with E-state index in [9.17, 15) is 0 Å². The van der Waals surface area contributed by atoms with Gasteiger partial charge in [0.05, 0.1) is 12.8 Å². The number of nitrogens with zero attached hydrogens (tertiary/aromatic N) is 1. The summed E-state index contributed by atoms with van der Waals surface area (Å²) in [6.07, 6.45) is 4.36. The van der Waals surface area contributed by atoms with E-state index in [0.29, 0.717) is 11.5 Å². The van der Waals surface area contributed by atoms with E-state index in [1.165, 1.54) is 12.8 Å². The summed E-state index contributed by atoms with van der Waals surface area (Å²) >= 11 is 0. The molecule has 0 bridgehead atoms. The van der Waals surface area contributed by atoms with Crippen molar-refractivity contribution in [2.75, 3.05) is 20.1 Å².